The summed E-state index contributed by atoms with van der Waals surface area (Å²) in [6.45, 7) is 0.325. The zero-order valence-electron chi connectivity index (χ0n) is 12.3. The third-order valence-electron chi connectivity index (χ3n) is 3.92. The van der Waals surface area contributed by atoms with E-state index in [2.05, 4.69) is 5.32 Å². The number of fused-ring (bicyclic) bond motifs is 1. The van der Waals surface area contributed by atoms with Crippen LogP contribution in [-0.4, -0.2) is 17.2 Å². The fourth-order valence-corrected chi connectivity index (χ4v) is 2.80. The first kappa shape index (κ1) is 14.6. The lowest BCUT2D eigenvalue weighted by Gasteiger charge is -2.12. The fraction of sp³-hybridized carbons (Fsp3) is 0.278. The predicted octanol–water partition coefficient (Wildman–Crippen LogP) is 2.57. The van der Waals surface area contributed by atoms with Crippen LogP contribution in [0, 0.1) is 0 Å². The van der Waals surface area contributed by atoms with Crippen molar-refractivity contribution in [2.45, 2.75) is 32.1 Å². The van der Waals surface area contributed by atoms with Crippen molar-refractivity contribution in [1.82, 2.24) is 5.32 Å². The third kappa shape index (κ3) is 3.46. The molecule has 4 nitrogen and oxygen atoms in total. The van der Waals surface area contributed by atoms with Crippen molar-refractivity contribution in [3.63, 3.8) is 0 Å². The van der Waals surface area contributed by atoms with E-state index in [9.17, 15) is 4.79 Å². The van der Waals surface area contributed by atoms with Gasteiger partial charge in [0.05, 0.1) is 6.61 Å². The van der Waals surface area contributed by atoms with Crippen LogP contribution < -0.4 is 5.32 Å². The van der Waals surface area contributed by atoms with Crippen LogP contribution >= 0.6 is 0 Å². The number of nitrogens with one attached hydrogen (secondary N) is 1. The second-order valence-electron chi connectivity index (χ2n) is 5.57. The van der Waals surface area contributed by atoms with Crippen molar-refractivity contribution in [3.8, 4) is 0 Å². The zero-order chi connectivity index (χ0) is 15.4. The minimum atomic E-state index is -0.385. The quantitative estimate of drug-likeness (QED) is 0.912. The van der Waals surface area contributed by atoms with Crippen LogP contribution in [0.25, 0.3) is 0 Å². The van der Waals surface area contributed by atoms with E-state index < -0.39 is 0 Å². The Morgan fingerprint density at radius 2 is 1.86 bits per heavy atom. The first-order valence-electron chi connectivity index (χ1n) is 7.43. The molecule has 0 aromatic heterocycles. The summed E-state index contributed by atoms with van der Waals surface area (Å²) < 4.78 is 5.24. The molecule has 1 aliphatic rings. The van der Waals surface area contributed by atoms with Gasteiger partial charge < -0.3 is 15.2 Å². The minimum Gasteiger partial charge on any atom is -0.445 e. The van der Waals surface area contributed by atoms with Crippen LogP contribution in [0.3, 0.4) is 0 Å². The summed E-state index contributed by atoms with van der Waals surface area (Å²) in [5.74, 6) is 0. The van der Waals surface area contributed by atoms with Gasteiger partial charge in [0, 0.05) is 6.04 Å². The van der Waals surface area contributed by atoms with E-state index in [1.165, 1.54) is 11.1 Å². The highest BCUT2D eigenvalue weighted by molar-refractivity contribution is 5.68. The maximum atomic E-state index is 11.9. The highest BCUT2D eigenvalue weighted by atomic mass is 16.5. The molecule has 0 spiro atoms. The average molecular weight is 297 g/mol. The summed E-state index contributed by atoms with van der Waals surface area (Å²) in [6, 6.07) is 15.6. The smallest absolute Gasteiger partial charge is 0.407 e. The van der Waals surface area contributed by atoms with Crippen LogP contribution in [-0.2, 0) is 30.8 Å². The molecule has 1 aliphatic carbocycles. The molecular formula is C18H19NO3. The molecule has 0 unspecified atom stereocenters. The van der Waals surface area contributed by atoms with Crippen molar-refractivity contribution in [2.75, 3.05) is 0 Å². The van der Waals surface area contributed by atoms with Gasteiger partial charge in [0.1, 0.15) is 6.61 Å². The van der Waals surface area contributed by atoms with Gasteiger partial charge in [-0.2, -0.15) is 0 Å². The van der Waals surface area contributed by atoms with Crippen LogP contribution in [0.2, 0.25) is 0 Å². The molecule has 2 aromatic carbocycles. The van der Waals surface area contributed by atoms with Crippen molar-refractivity contribution in [3.05, 3.63) is 70.8 Å². The number of rotatable bonds is 4. The molecule has 1 amide bonds. The van der Waals surface area contributed by atoms with Crippen LogP contribution in [0.15, 0.2) is 48.5 Å². The Hall–Kier alpha value is -2.33. The van der Waals surface area contributed by atoms with E-state index in [0.29, 0.717) is 0 Å². The van der Waals surface area contributed by atoms with Gasteiger partial charge in [0.25, 0.3) is 0 Å². The maximum absolute atomic E-state index is 11.9. The van der Waals surface area contributed by atoms with Crippen molar-refractivity contribution >= 4 is 6.09 Å². The van der Waals surface area contributed by atoms with Crippen molar-refractivity contribution in [2.24, 2.45) is 0 Å². The zero-order valence-corrected chi connectivity index (χ0v) is 12.3. The van der Waals surface area contributed by atoms with Gasteiger partial charge in [-0.1, -0.05) is 48.5 Å². The van der Waals surface area contributed by atoms with E-state index in [0.717, 1.165) is 24.0 Å². The largest absolute Gasteiger partial charge is 0.445 e. The van der Waals surface area contributed by atoms with E-state index >= 15 is 0 Å². The van der Waals surface area contributed by atoms with E-state index in [-0.39, 0.29) is 25.3 Å². The van der Waals surface area contributed by atoms with Crippen molar-refractivity contribution in [1.29, 1.82) is 0 Å². The lowest BCUT2D eigenvalue weighted by molar-refractivity contribution is 0.136. The van der Waals surface area contributed by atoms with Gasteiger partial charge in [0.15, 0.2) is 0 Å². The molecule has 0 bridgehead atoms. The molecule has 1 atom stereocenters. The van der Waals surface area contributed by atoms with Crippen LogP contribution in [0.5, 0.6) is 0 Å². The molecule has 22 heavy (non-hydrogen) atoms. The number of ether oxygens (including phenoxy) is 1. The fourth-order valence-electron chi connectivity index (χ4n) is 2.80. The highest BCUT2D eigenvalue weighted by Crippen LogP contribution is 2.23. The van der Waals surface area contributed by atoms with E-state index in [1.54, 1.807) is 0 Å². The van der Waals surface area contributed by atoms with E-state index in [4.69, 9.17) is 9.84 Å². The highest BCUT2D eigenvalue weighted by Gasteiger charge is 2.23. The standard InChI is InChI=1S/C18H19NO3/c20-11-14-6-7-15-9-17(10-16(15)8-14)19-18(21)22-12-13-4-2-1-3-5-13/h1-8,17,20H,9-12H2,(H,19,21)/t17-/m1/s1. The summed E-state index contributed by atoms with van der Waals surface area (Å²) >= 11 is 0. The van der Waals surface area contributed by atoms with Gasteiger partial charge >= 0.3 is 6.09 Å². The maximum Gasteiger partial charge on any atom is 0.407 e. The normalized spacial score (nSPS) is 16.1. The second-order valence-corrected chi connectivity index (χ2v) is 5.57. The number of carbonyl (C=O) groups excluding carboxylic acids is 1. The Bertz CT molecular complexity index is 655. The first-order chi connectivity index (χ1) is 10.7. The summed E-state index contributed by atoms with van der Waals surface area (Å²) in [5.41, 5.74) is 4.30. The number of hydrogen-bond acceptors (Lipinski definition) is 3. The molecule has 114 valence electrons. The molecule has 0 fully saturated rings. The molecule has 0 radical (unpaired) electrons. The third-order valence-corrected chi connectivity index (χ3v) is 3.92. The molecule has 3 rings (SSSR count). The molecule has 0 aliphatic heterocycles. The number of carbonyl (C=O) groups is 1. The summed E-state index contributed by atoms with van der Waals surface area (Å²) in [5, 5.41) is 12.1. The monoisotopic (exact) mass is 297 g/mol. The number of hydrogen-bond donors (Lipinski definition) is 2. The van der Waals surface area contributed by atoms with Crippen molar-refractivity contribution < 1.29 is 14.6 Å². The molecule has 0 saturated carbocycles. The SMILES string of the molecule is O=C(N[C@@H]1Cc2ccc(CO)cc2C1)OCc1ccccc1. The summed E-state index contributed by atoms with van der Waals surface area (Å²) in [4.78, 5) is 11.9. The van der Waals surface area contributed by atoms with Gasteiger partial charge in [-0.15, -0.1) is 0 Å². The average Bonchev–Trinajstić information content (AvgIpc) is 2.95. The number of amides is 1. The molecule has 0 saturated heterocycles. The van der Waals surface area contributed by atoms with Gasteiger partial charge in [0.2, 0.25) is 0 Å². The minimum absolute atomic E-state index is 0.0461. The Morgan fingerprint density at radius 3 is 2.64 bits per heavy atom. The Kier molecular flexibility index (Phi) is 4.39. The number of alkyl carbamates (subject to hydrolysis) is 1. The number of aliphatic hydroxyl groups is 1. The van der Waals surface area contributed by atoms with Gasteiger partial charge in [-0.05, 0) is 35.1 Å². The topological polar surface area (TPSA) is 58.6 Å². The lowest BCUT2D eigenvalue weighted by atomic mass is 10.1. The Labute approximate surface area is 129 Å². The van der Waals surface area contributed by atoms with Crippen LogP contribution in [0.4, 0.5) is 4.79 Å². The van der Waals surface area contributed by atoms with E-state index in [1.807, 2.05) is 48.5 Å². The Balaban J connectivity index is 1.51. The van der Waals surface area contributed by atoms with Gasteiger partial charge in [-0.25, -0.2) is 4.79 Å². The second kappa shape index (κ2) is 6.62. The number of benzene rings is 2. The first-order valence-corrected chi connectivity index (χ1v) is 7.43. The Morgan fingerprint density at radius 1 is 1.09 bits per heavy atom. The molecule has 2 N–H and O–H groups in total. The van der Waals surface area contributed by atoms with Crippen LogP contribution in [0.1, 0.15) is 22.3 Å². The lowest BCUT2D eigenvalue weighted by Crippen LogP contribution is -2.35. The number of aliphatic hydroxyl groups excluding tert-OH is 1. The van der Waals surface area contributed by atoms with Gasteiger partial charge in [-0.3, -0.25) is 0 Å². The molecule has 2 aromatic rings. The predicted molar refractivity (Wildman–Crippen MR) is 83.3 cm³/mol. The summed E-state index contributed by atoms with van der Waals surface area (Å²) in [7, 11) is 0. The molecule has 4 heteroatoms. The summed E-state index contributed by atoms with van der Waals surface area (Å²) in [6.07, 6.45) is 1.20. The molecular weight excluding hydrogens is 278 g/mol. The molecule has 0 heterocycles.